The highest BCUT2D eigenvalue weighted by atomic mass is 32.1. The first-order valence-corrected chi connectivity index (χ1v) is 8.54. The number of piperidine rings is 1. The van der Waals surface area contributed by atoms with E-state index in [2.05, 4.69) is 17.1 Å². The second-order valence-electron chi connectivity index (χ2n) is 5.91. The van der Waals surface area contributed by atoms with Crippen LogP contribution in [0.15, 0.2) is 54.6 Å². The number of nitrogens with one attached hydrogen (secondary N) is 1. The van der Waals surface area contributed by atoms with E-state index < -0.39 is 0 Å². The molecule has 120 valence electrons. The summed E-state index contributed by atoms with van der Waals surface area (Å²) in [5.74, 6) is 1.66. The van der Waals surface area contributed by atoms with Gasteiger partial charge in [0.15, 0.2) is 5.11 Å². The molecule has 0 saturated carbocycles. The van der Waals surface area contributed by atoms with Crippen molar-refractivity contribution in [3.05, 3.63) is 54.6 Å². The van der Waals surface area contributed by atoms with E-state index in [0.717, 1.165) is 28.8 Å². The molecule has 4 heteroatoms. The van der Waals surface area contributed by atoms with Crippen molar-refractivity contribution in [3.63, 3.8) is 0 Å². The summed E-state index contributed by atoms with van der Waals surface area (Å²) in [6.45, 7) is 3.28. The van der Waals surface area contributed by atoms with E-state index in [0.29, 0.717) is 6.04 Å². The second kappa shape index (κ2) is 7.47. The van der Waals surface area contributed by atoms with Crippen LogP contribution in [0.25, 0.3) is 0 Å². The molecule has 2 aromatic carbocycles. The Morgan fingerprint density at radius 2 is 1.74 bits per heavy atom. The summed E-state index contributed by atoms with van der Waals surface area (Å²) in [6.07, 6.45) is 3.73. The minimum Gasteiger partial charge on any atom is -0.457 e. The number of anilines is 1. The molecule has 1 fully saturated rings. The average Bonchev–Trinajstić information content (AvgIpc) is 2.58. The molecule has 0 aliphatic carbocycles. The zero-order chi connectivity index (χ0) is 16.1. The van der Waals surface area contributed by atoms with Gasteiger partial charge in [0.2, 0.25) is 0 Å². The van der Waals surface area contributed by atoms with Gasteiger partial charge in [-0.1, -0.05) is 18.2 Å². The molecule has 3 rings (SSSR count). The first-order chi connectivity index (χ1) is 11.2. The van der Waals surface area contributed by atoms with Gasteiger partial charge in [-0.3, -0.25) is 0 Å². The molecule has 0 radical (unpaired) electrons. The normalized spacial score (nSPS) is 17.6. The van der Waals surface area contributed by atoms with Gasteiger partial charge < -0.3 is 15.0 Å². The number of nitrogens with zero attached hydrogens (tertiary/aromatic N) is 1. The average molecular weight is 326 g/mol. The van der Waals surface area contributed by atoms with Crippen LogP contribution in [0.5, 0.6) is 11.5 Å². The predicted molar refractivity (Wildman–Crippen MR) is 99.2 cm³/mol. The summed E-state index contributed by atoms with van der Waals surface area (Å²) in [4.78, 5) is 2.28. The van der Waals surface area contributed by atoms with Crippen LogP contribution in [0.3, 0.4) is 0 Å². The van der Waals surface area contributed by atoms with E-state index in [1.54, 1.807) is 0 Å². The van der Waals surface area contributed by atoms with Crippen molar-refractivity contribution >= 4 is 23.0 Å². The van der Waals surface area contributed by atoms with Crippen LogP contribution in [0, 0.1) is 0 Å². The molecule has 0 unspecified atom stereocenters. The largest absolute Gasteiger partial charge is 0.457 e. The molecule has 1 N–H and O–H groups in total. The number of likely N-dealkylation sites (tertiary alicyclic amines) is 1. The van der Waals surface area contributed by atoms with Gasteiger partial charge in [0.05, 0.1) is 0 Å². The van der Waals surface area contributed by atoms with E-state index >= 15 is 0 Å². The molecule has 1 heterocycles. The summed E-state index contributed by atoms with van der Waals surface area (Å²) in [5, 5.41) is 4.15. The number of thiocarbonyl (C=S) groups is 1. The van der Waals surface area contributed by atoms with Crippen LogP contribution in [-0.4, -0.2) is 22.6 Å². The van der Waals surface area contributed by atoms with Crippen molar-refractivity contribution in [1.82, 2.24) is 4.90 Å². The summed E-state index contributed by atoms with van der Waals surface area (Å²) < 4.78 is 5.80. The van der Waals surface area contributed by atoms with Crippen molar-refractivity contribution in [2.24, 2.45) is 0 Å². The second-order valence-corrected chi connectivity index (χ2v) is 6.29. The highest BCUT2D eigenvalue weighted by Gasteiger charge is 2.20. The molecular formula is C19H22N2OS. The van der Waals surface area contributed by atoms with Crippen LogP contribution in [0.1, 0.15) is 26.2 Å². The monoisotopic (exact) mass is 326 g/mol. The zero-order valence-corrected chi connectivity index (χ0v) is 14.2. The van der Waals surface area contributed by atoms with Gasteiger partial charge in [-0.05, 0) is 74.8 Å². The minimum atomic E-state index is 0.518. The van der Waals surface area contributed by atoms with Crippen LogP contribution < -0.4 is 10.1 Å². The highest BCUT2D eigenvalue weighted by Crippen LogP contribution is 2.23. The van der Waals surface area contributed by atoms with Crippen molar-refractivity contribution < 1.29 is 4.74 Å². The minimum absolute atomic E-state index is 0.518. The van der Waals surface area contributed by atoms with E-state index in [4.69, 9.17) is 17.0 Å². The van der Waals surface area contributed by atoms with E-state index in [1.165, 1.54) is 19.3 Å². The zero-order valence-electron chi connectivity index (χ0n) is 13.4. The Morgan fingerprint density at radius 1 is 1.04 bits per heavy atom. The first-order valence-electron chi connectivity index (χ1n) is 8.13. The predicted octanol–water partition coefficient (Wildman–Crippen LogP) is 5.05. The molecule has 1 atom stereocenters. The number of rotatable bonds is 3. The number of para-hydroxylation sites is 1. The lowest BCUT2D eigenvalue weighted by atomic mass is 10.0. The summed E-state index contributed by atoms with van der Waals surface area (Å²) >= 11 is 5.55. The van der Waals surface area contributed by atoms with Crippen molar-refractivity contribution in [2.75, 3.05) is 11.9 Å². The molecule has 3 nitrogen and oxygen atoms in total. The van der Waals surface area contributed by atoms with Gasteiger partial charge >= 0.3 is 0 Å². The molecule has 0 spiro atoms. The number of hydrogen-bond acceptors (Lipinski definition) is 2. The molecule has 0 bridgehead atoms. The standard InChI is InChI=1S/C19H22N2OS/c1-15-7-5-6-14-21(15)19(23)20-16-10-12-18(13-11-16)22-17-8-3-2-4-9-17/h2-4,8-13,15H,5-7,14H2,1H3,(H,20,23)/t15-/m0/s1. The van der Waals surface area contributed by atoms with Crippen molar-refractivity contribution in [3.8, 4) is 11.5 Å². The fourth-order valence-electron chi connectivity index (χ4n) is 2.83. The van der Waals surface area contributed by atoms with Crippen LogP contribution >= 0.6 is 12.2 Å². The van der Waals surface area contributed by atoms with E-state index in [9.17, 15) is 0 Å². The topological polar surface area (TPSA) is 24.5 Å². The van der Waals surface area contributed by atoms with Crippen LogP contribution in [0.4, 0.5) is 5.69 Å². The van der Waals surface area contributed by atoms with Crippen LogP contribution in [-0.2, 0) is 0 Å². The maximum Gasteiger partial charge on any atom is 0.173 e. The molecule has 2 aromatic rings. The maximum absolute atomic E-state index is 5.80. The number of hydrogen-bond donors (Lipinski definition) is 1. The fraction of sp³-hybridized carbons (Fsp3) is 0.316. The smallest absolute Gasteiger partial charge is 0.173 e. The Bertz CT molecular complexity index is 642. The van der Waals surface area contributed by atoms with E-state index in [-0.39, 0.29) is 0 Å². The van der Waals surface area contributed by atoms with Gasteiger partial charge in [-0.15, -0.1) is 0 Å². The quantitative estimate of drug-likeness (QED) is 0.798. The Labute approximate surface area is 143 Å². The fourth-order valence-corrected chi connectivity index (χ4v) is 3.22. The lowest BCUT2D eigenvalue weighted by Crippen LogP contribution is -2.44. The van der Waals surface area contributed by atoms with Crippen LogP contribution in [0.2, 0.25) is 0 Å². The number of benzene rings is 2. The lowest BCUT2D eigenvalue weighted by Gasteiger charge is -2.35. The third-order valence-electron chi connectivity index (χ3n) is 4.15. The third kappa shape index (κ3) is 4.23. The molecule has 1 aliphatic heterocycles. The molecular weight excluding hydrogens is 304 g/mol. The van der Waals surface area contributed by atoms with Gasteiger partial charge in [0.1, 0.15) is 11.5 Å². The van der Waals surface area contributed by atoms with Crippen molar-refractivity contribution in [1.29, 1.82) is 0 Å². The number of ether oxygens (including phenoxy) is 1. The van der Waals surface area contributed by atoms with E-state index in [1.807, 2.05) is 54.6 Å². The molecule has 23 heavy (non-hydrogen) atoms. The molecule has 0 amide bonds. The van der Waals surface area contributed by atoms with Gasteiger partial charge in [0, 0.05) is 18.3 Å². The third-order valence-corrected chi connectivity index (χ3v) is 4.48. The Balaban J connectivity index is 1.60. The van der Waals surface area contributed by atoms with Crippen molar-refractivity contribution in [2.45, 2.75) is 32.2 Å². The Morgan fingerprint density at radius 3 is 2.43 bits per heavy atom. The van der Waals surface area contributed by atoms with Gasteiger partial charge in [-0.2, -0.15) is 0 Å². The Hall–Kier alpha value is -2.07. The SMILES string of the molecule is C[C@H]1CCCCN1C(=S)Nc1ccc(Oc2ccccc2)cc1. The Kier molecular flexibility index (Phi) is 5.13. The highest BCUT2D eigenvalue weighted by molar-refractivity contribution is 7.80. The summed E-state index contributed by atoms with van der Waals surface area (Å²) in [6, 6.07) is 18.2. The van der Waals surface area contributed by atoms with Gasteiger partial charge in [-0.25, -0.2) is 0 Å². The molecule has 0 aromatic heterocycles. The molecule has 1 saturated heterocycles. The van der Waals surface area contributed by atoms with Gasteiger partial charge in [0.25, 0.3) is 0 Å². The first kappa shape index (κ1) is 15.8. The summed E-state index contributed by atoms with van der Waals surface area (Å²) in [7, 11) is 0. The lowest BCUT2D eigenvalue weighted by molar-refractivity contribution is 0.262. The molecule has 1 aliphatic rings. The maximum atomic E-state index is 5.80. The summed E-state index contributed by atoms with van der Waals surface area (Å²) in [5.41, 5.74) is 0.994.